The van der Waals surface area contributed by atoms with Crippen LogP contribution in [0.5, 0.6) is 5.75 Å². The zero-order chi connectivity index (χ0) is 26.5. The lowest BCUT2D eigenvalue weighted by Gasteiger charge is -2.13. The molecule has 9 heteroatoms. The number of thioether (sulfide) groups is 1. The van der Waals surface area contributed by atoms with Crippen LogP contribution >= 0.6 is 35.0 Å². The molecule has 0 aliphatic carbocycles. The van der Waals surface area contributed by atoms with Gasteiger partial charge in [0.1, 0.15) is 18.9 Å². The van der Waals surface area contributed by atoms with Gasteiger partial charge in [0.25, 0.3) is 11.1 Å². The molecular weight excluding hydrogens is 531 g/mol. The molecular formula is C28H24Cl2N2O4S. The van der Waals surface area contributed by atoms with Crippen LogP contribution in [0.4, 0.5) is 10.5 Å². The predicted octanol–water partition coefficient (Wildman–Crippen LogP) is 7.37. The second-order valence-corrected chi connectivity index (χ2v) is 10.5. The Morgan fingerprint density at radius 1 is 1.05 bits per heavy atom. The summed E-state index contributed by atoms with van der Waals surface area (Å²) in [6.45, 7) is 4.05. The molecule has 0 aromatic heterocycles. The van der Waals surface area contributed by atoms with Crippen LogP contribution in [0.3, 0.4) is 0 Å². The fourth-order valence-electron chi connectivity index (χ4n) is 3.58. The third-order valence-corrected chi connectivity index (χ3v) is 7.10. The molecule has 0 saturated carbocycles. The van der Waals surface area contributed by atoms with Crippen molar-refractivity contribution in [2.45, 2.75) is 26.4 Å². The van der Waals surface area contributed by atoms with E-state index in [1.165, 1.54) is 0 Å². The SMILES string of the molecule is CC(C)c1ccc(NC(=O)CN2C(=O)S/C(=C/c3cccc(OCc4ccc(Cl)cc4Cl)c3)C2=O)cc1. The van der Waals surface area contributed by atoms with Crippen LogP contribution in [0.25, 0.3) is 6.08 Å². The first-order valence-electron chi connectivity index (χ1n) is 11.5. The number of ether oxygens (including phenoxy) is 1. The van der Waals surface area contributed by atoms with Crippen LogP contribution in [0.2, 0.25) is 10.0 Å². The first-order valence-corrected chi connectivity index (χ1v) is 13.1. The monoisotopic (exact) mass is 554 g/mol. The molecule has 3 amide bonds. The number of hydrogen-bond donors (Lipinski definition) is 1. The number of carbonyl (C=O) groups excluding carboxylic acids is 3. The van der Waals surface area contributed by atoms with E-state index in [0.717, 1.165) is 27.8 Å². The van der Waals surface area contributed by atoms with E-state index in [4.69, 9.17) is 27.9 Å². The number of halogens is 2. The largest absolute Gasteiger partial charge is 0.489 e. The maximum atomic E-state index is 12.9. The predicted molar refractivity (Wildman–Crippen MR) is 149 cm³/mol. The highest BCUT2D eigenvalue weighted by Gasteiger charge is 2.36. The second kappa shape index (κ2) is 11.9. The Balaban J connectivity index is 1.38. The van der Waals surface area contributed by atoms with E-state index in [9.17, 15) is 14.4 Å². The highest BCUT2D eigenvalue weighted by Crippen LogP contribution is 2.33. The van der Waals surface area contributed by atoms with Gasteiger partial charge in [-0.25, -0.2) is 0 Å². The number of nitrogens with one attached hydrogen (secondary N) is 1. The van der Waals surface area contributed by atoms with Crippen LogP contribution in [0.15, 0.2) is 71.6 Å². The Morgan fingerprint density at radius 2 is 1.81 bits per heavy atom. The van der Waals surface area contributed by atoms with Gasteiger partial charge in [0.15, 0.2) is 0 Å². The maximum absolute atomic E-state index is 12.9. The molecule has 1 heterocycles. The average Bonchev–Trinajstić information content (AvgIpc) is 3.11. The van der Waals surface area contributed by atoms with E-state index >= 15 is 0 Å². The standard InChI is InChI=1S/C28H24Cl2N2O4S/c1-17(2)19-7-10-22(11-8-19)31-26(33)15-32-27(34)25(37-28(32)35)13-18-4-3-5-23(12-18)36-16-20-6-9-21(29)14-24(20)30/h3-14,17H,15-16H2,1-2H3,(H,31,33)/b25-13+. The summed E-state index contributed by atoms with van der Waals surface area (Å²) in [6.07, 6.45) is 1.61. The van der Waals surface area contributed by atoms with Crippen molar-refractivity contribution >= 4 is 63.8 Å². The van der Waals surface area contributed by atoms with Gasteiger partial charge in [-0.05, 0) is 71.3 Å². The van der Waals surface area contributed by atoms with Gasteiger partial charge < -0.3 is 10.1 Å². The lowest BCUT2D eigenvalue weighted by molar-refractivity contribution is -0.127. The molecule has 37 heavy (non-hydrogen) atoms. The normalized spacial score (nSPS) is 14.5. The van der Waals surface area contributed by atoms with Crippen molar-refractivity contribution in [2.24, 2.45) is 0 Å². The fourth-order valence-corrected chi connectivity index (χ4v) is 4.88. The Bertz CT molecular complexity index is 1370. The zero-order valence-electron chi connectivity index (χ0n) is 20.2. The van der Waals surface area contributed by atoms with Crippen LogP contribution in [0.1, 0.15) is 36.5 Å². The number of carbonyl (C=O) groups is 3. The molecule has 0 atom stereocenters. The Kier molecular flexibility index (Phi) is 8.59. The quantitative estimate of drug-likeness (QED) is 0.294. The summed E-state index contributed by atoms with van der Waals surface area (Å²) in [7, 11) is 0. The van der Waals surface area contributed by atoms with Crippen molar-refractivity contribution in [3.8, 4) is 5.75 Å². The van der Waals surface area contributed by atoms with Crippen molar-refractivity contribution < 1.29 is 19.1 Å². The number of hydrogen-bond acceptors (Lipinski definition) is 5. The first kappa shape index (κ1) is 26.8. The van der Waals surface area contributed by atoms with Gasteiger partial charge in [0.05, 0.1) is 4.91 Å². The molecule has 1 aliphatic rings. The topological polar surface area (TPSA) is 75.7 Å². The lowest BCUT2D eigenvalue weighted by Crippen LogP contribution is -2.36. The van der Waals surface area contributed by atoms with E-state index in [0.29, 0.717) is 33.0 Å². The molecule has 1 N–H and O–H groups in total. The Hall–Kier alpha value is -3.26. The summed E-state index contributed by atoms with van der Waals surface area (Å²) < 4.78 is 5.84. The van der Waals surface area contributed by atoms with Gasteiger partial charge in [0.2, 0.25) is 5.91 Å². The van der Waals surface area contributed by atoms with E-state index in [-0.39, 0.29) is 18.1 Å². The maximum Gasteiger partial charge on any atom is 0.294 e. The Morgan fingerprint density at radius 3 is 2.51 bits per heavy atom. The molecule has 190 valence electrons. The van der Waals surface area contributed by atoms with E-state index < -0.39 is 17.1 Å². The average molecular weight is 555 g/mol. The van der Waals surface area contributed by atoms with E-state index in [1.807, 2.05) is 12.1 Å². The number of rotatable bonds is 8. The summed E-state index contributed by atoms with van der Waals surface area (Å²) in [4.78, 5) is 39.0. The minimum atomic E-state index is -0.514. The van der Waals surface area contributed by atoms with Crippen molar-refractivity contribution in [2.75, 3.05) is 11.9 Å². The summed E-state index contributed by atoms with van der Waals surface area (Å²) in [5.41, 5.74) is 3.22. The van der Waals surface area contributed by atoms with Crippen molar-refractivity contribution in [3.05, 3.63) is 98.4 Å². The van der Waals surface area contributed by atoms with Gasteiger partial charge in [-0.1, -0.05) is 67.4 Å². The van der Waals surface area contributed by atoms with Gasteiger partial charge in [-0.2, -0.15) is 0 Å². The number of nitrogens with zero attached hydrogens (tertiary/aromatic N) is 1. The lowest BCUT2D eigenvalue weighted by atomic mass is 10.0. The van der Waals surface area contributed by atoms with Gasteiger partial charge in [-0.15, -0.1) is 0 Å². The fraction of sp³-hybridized carbons (Fsp3) is 0.179. The van der Waals surface area contributed by atoms with Crippen LogP contribution in [0, 0.1) is 0 Å². The van der Waals surface area contributed by atoms with E-state index in [2.05, 4.69) is 19.2 Å². The molecule has 1 aliphatic heterocycles. The van der Waals surface area contributed by atoms with Gasteiger partial charge in [0, 0.05) is 21.3 Å². The third-order valence-electron chi connectivity index (χ3n) is 5.60. The smallest absolute Gasteiger partial charge is 0.294 e. The summed E-state index contributed by atoms with van der Waals surface area (Å²) >= 11 is 12.9. The van der Waals surface area contributed by atoms with Crippen LogP contribution < -0.4 is 10.1 Å². The number of anilines is 1. The third kappa shape index (κ3) is 6.95. The molecule has 4 rings (SSSR count). The highest BCUT2D eigenvalue weighted by molar-refractivity contribution is 8.18. The Labute approximate surface area is 229 Å². The summed E-state index contributed by atoms with van der Waals surface area (Å²) in [5, 5.41) is 3.29. The number of amides is 3. The summed E-state index contributed by atoms with van der Waals surface area (Å²) in [6, 6.07) is 19.8. The molecule has 3 aromatic carbocycles. The number of imide groups is 1. The molecule has 0 spiro atoms. The highest BCUT2D eigenvalue weighted by atomic mass is 35.5. The van der Waals surface area contributed by atoms with Gasteiger partial charge >= 0.3 is 0 Å². The van der Waals surface area contributed by atoms with E-state index in [1.54, 1.807) is 60.7 Å². The number of benzene rings is 3. The second-order valence-electron chi connectivity index (χ2n) is 8.69. The van der Waals surface area contributed by atoms with Crippen LogP contribution in [-0.4, -0.2) is 28.5 Å². The molecule has 3 aromatic rings. The summed E-state index contributed by atoms with van der Waals surface area (Å²) in [5.74, 6) is -0.0143. The molecule has 1 fully saturated rings. The molecule has 0 unspecified atom stereocenters. The van der Waals surface area contributed by atoms with Crippen molar-refractivity contribution in [3.63, 3.8) is 0 Å². The molecule has 1 saturated heterocycles. The van der Waals surface area contributed by atoms with Crippen molar-refractivity contribution in [1.82, 2.24) is 4.90 Å². The molecule has 0 radical (unpaired) electrons. The molecule has 0 bridgehead atoms. The minimum absolute atomic E-state index is 0.233. The van der Waals surface area contributed by atoms with Crippen LogP contribution in [-0.2, 0) is 16.2 Å². The molecule has 6 nitrogen and oxygen atoms in total. The first-order chi connectivity index (χ1) is 17.7. The van der Waals surface area contributed by atoms with Crippen molar-refractivity contribution in [1.29, 1.82) is 0 Å². The zero-order valence-corrected chi connectivity index (χ0v) is 22.5. The van der Waals surface area contributed by atoms with Gasteiger partial charge in [-0.3, -0.25) is 19.3 Å². The minimum Gasteiger partial charge on any atom is -0.489 e.